The highest BCUT2D eigenvalue weighted by Gasteiger charge is 2.12. The van der Waals surface area contributed by atoms with Gasteiger partial charge in [0.25, 0.3) is 0 Å². The largest absolute Gasteiger partial charge is 0.306 e. The monoisotopic (exact) mass is 449 g/mol. The lowest BCUT2D eigenvalue weighted by atomic mass is 9.92. The second-order valence-electron chi connectivity index (χ2n) is 8.07. The van der Waals surface area contributed by atoms with E-state index in [0.717, 1.165) is 35.5 Å². The van der Waals surface area contributed by atoms with Gasteiger partial charge in [0.15, 0.2) is 0 Å². The van der Waals surface area contributed by atoms with E-state index in [1.165, 1.54) is 22.3 Å². The first-order valence-corrected chi connectivity index (χ1v) is 11.1. The Morgan fingerprint density at radius 2 is 1.94 bits per heavy atom. The van der Waals surface area contributed by atoms with Gasteiger partial charge >= 0.3 is 0 Å². The maximum atomic E-state index is 4.56. The van der Waals surface area contributed by atoms with Crippen molar-refractivity contribution in [2.24, 2.45) is 10.1 Å². The van der Waals surface area contributed by atoms with Crippen LogP contribution < -0.4 is 5.43 Å². The molecule has 0 saturated heterocycles. The number of imidazole rings is 1. The smallest absolute Gasteiger partial charge is 0.149 e. The third-order valence-corrected chi connectivity index (χ3v) is 5.75. The summed E-state index contributed by atoms with van der Waals surface area (Å²) in [5.41, 5.74) is 14.6. The van der Waals surface area contributed by atoms with Gasteiger partial charge < -0.3 is 4.57 Å². The topological polar surface area (TPSA) is 54.6 Å². The van der Waals surface area contributed by atoms with Gasteiger partial charge in [0.05, 0.1) is 12.9 Å². The van der Waals surface area contributed by atoms with Crippen LogP contribution in [0.1, 0.15) is 33.3 Å². The molecule has 0 bridgehead atoms. The molecule has 0 spiro atoms. The van der Waals surface area contributed by atoms with Crippen molar-refractivity contribution >= 4 is 12.1 Å². The van der Waals surface area contributed by atoms with Crippen LogP contribution in [0.15, 0.2) is 112 Å². The molecule has 1 N–H and O–H groups in total. The fourth-order valence-electron chi connectivity index (χ4n) is 4.08. The molecule has 0 unspecified atom stereocenters. The van der Waals surface area contributed by atoms with Crippen molar-refractivity contribution in [3.05, 3.63) is 113 Å². The Morgan fingerprint density at radius 1 is 1.09 bits per heavy atom. The third kappa shape index (κ3) is 5.22. The Labute approximate surface area is 202 Å². The van der Waals surface area contributed by atoms with E-state index < -0.39 is 0 Å². The van der Waals surface area contributed by atoms with Crippen LogP contribution in [-0.2, 0) is 6.42 Å². The van der Waals surface area contributed by atoms with Crippen LogP contribution >= 0.6 is 0 Å². The summed E-state index contributed by atoms with van der Waals surface area (Å²) in [7, 11) is 0. The summed E-state index contributed by atoms with van der Waals surface area (Å²) >= 11 is 0. The number of hydrogen-bond donors (Lipinski definition) is 1. The van der Waals surface area contributed by atoms with Gasteiger partial charge in [0, 0.05) is 31.3 Å². The summed E-state index contributed by atoms with van der Waals surface area (Å²) in [5.74, 6) is 0.817. The summed E-state index contributed by atoms with van der Waals surface area (Å²) in [6.07, 6.45) is 17.6. The van der Waals surface area contributed by atoms with Gasteiger partial charge in [-0.3, -0.25) is 10.4 Å². The average Bonchev–Trinajstić information content (AvgIpc) is 3.32. The highest BCUT2D eigenvalue weighted by Crippen LogP contribution is 2.28. The molecule has 0 amide bonds. The van der Waals surface area contributed by atoms with Crippen LogP contribution in [0.4, 0.5) is 0 Å². The molecule has 34 heavy (non-hydrogen) atoms. The number of aliphatic imine (C=N–C) groups is 1. The molecule has 5 rings (SSSR count). The Bertz CT molecular complexity index is 1340. The molecule has 0 saturated carbocycles. The highest BCUT2D eigenvalue weighted by molar-refractivity contribution is 6.01. The van der Waals surface area contributed by atoms with E-state index in [2.05, 4.69) is 93.9 Å². The lowest BCUT2D eigenvalue weighted by molar-refractivity contribution is 0.959. The van der Waals surface area contributed by atoms with Crippen LogP contribution in [0.3, 0.4) is 0 Å². The minimum absolute atomic E-state index is 0. The van der Waals surface area contributed by atoms with Crippen molar-refractivity contribution < 1.29 is 1.43 Å². The minimum atomic E-state index is 0. The lowest BCUT2D eigenvalue weighted by Gasteiger charge is -2.15. The first-order valence-electron chi connectivity index (χ1n) is 11.1. The van der Waals surface area contributed by atoms with E-state index in [-0.39, 0.29) is 8.85 Å². The Balaban J connectivity index is 0.00000171. The summed E-state index contributed by atoms with van der Waals surface area (Å²) in [6, 6.07) is 15.2. The lowest BCUT2D eigenvalue weighted by Crippen LogP contribution is -2.23. The Morgan fingerprint density at radius 3 is 2.71 bits per heavy atom. The summed E-state index contributed by atoms with van der Waals surface area (Å²) in [6.45, 7) is 2.69. The normalized spacial score (nSPS) is 14.4. The number of amidine groups is 1. The van der Waals surface area contributed by atoms with E-state index >= 15 is 0 Å². The van der Waals surface area contributed by atoms with Crippen LogP contribution in [0, 0.1) is 0 Å². The van der Waals surface area contributed by atoms with Crippen molar-refractivity contribution in [3.8, 4) is 16.8 Å². The first-order chi connectivity index (χ1) is 16.3. The van der Waals surface area contributed by atoms with Crippen molar-refractivity contribution in [2.45, 2.75) is 27.2 Å². The number of nitrogens with one attached hydrogen (secondary N) is 1. The molecular formula is C29H31N5. The third-order valence-electron chi connectivity index (χ3n) is 5.75. The fraction of sp³-hybridized carbons (Fsp3) is 0.172. The molecule has 3 aromatic rings. The maximum absolute atomic E-state index is 4.56. The van der Waals surface area contributed by atoms with Crippen molar-refractivity contribution in [3.63, 3.8) is 0 Å². The van der Waals surface area contributed by atoms with Crippen LogP contribution in [0.2, 0.25) is 0 Å². The van der Waals surface area contributed by atoms with E-state index in [0.29, 0.717) is 6.54 Å². The van der Waals surface area contributed by atoms with E-state index in [4.69, 9.17) is 0 Å². The van der Waals surface area contributed by atoms with Crippen LogP contribution in [0.5, 0.6) is 0 Å². The van der Waals surface area contributed by atoms with E-state index in [9.17, 15) is 0 Å². The minimum Gasteiger partial charge on any atom is -0.306 e. The van der Waals surface area contributed by atoms with Crippen molar-refractivity contribution in [1.29, 1.82) is 0 Å². The van der Waals surface area contributed by atoms with Gasteiger partial charge in [0.2, 0.25) is 0 Å². The molecule has 172 valence electrons. The number of rotatable bonds is 6. The fourth-order valence-corrected chi connectivity index (χ4v) is 4.08. The second-order valence-corrected chi connectivity index (χ2v) is 8.07. The molecule has 0 atom stereocenters. The number of nitrogens with zero attached hydrogens (tertiary/aromatic N) is 4. The van der Waals surface area contributed by atoms with Crippen LogP contribution in [0.25, 0.3) is 16.8 Å². The molecule has 2 heterocycles. The molecule has 2 aliphatic rings. The summed E-state index contributed by atoms with van der Waals surface area (Å²) in [5, 5.41) is 4.17. The van der Waals surface area contributed by atoms with Gasteiger partial charge in [-0.1, -0.05) is 43.8 Å². The first kappa shape index (κ1) is 23.0. The SMILES string of the molecule is C.CC1=C=CC=CC(CCc2cc(C3=NCC=NN3)ccc2-c2ccc(-n3ccnc3)cc2)=C1.[HH]. The zero-order valence-electron chi connectivity index (χ0n) is 18.6. The predicted molar refractivity (Wildman–Crippen MR) is 144 cm³/mol. The van der Waals surface area contributed by atoms with E-state index in [1.807, 2.05) is 23.2 Å². The molecule has 0 radical (unpaired) electrons. The number of benzene rings is 2. The number of hydrazone groups is 1. The van der Waals surface area contributed by atoms with Gasteiger partial charge in [0.1, 0.15) is 5.84 Å². The molecule has 1 aliphatic heterocycles. The quantitative estimate of drug-likeness (QED) is 0.450. The zero-order valence-corrected chi connectivity index (χ0v) is 18.6. The molecule has 1 aromatic heterocycles. The Hall–Kier alpha value is -4.21. The summed E-state index contributed by atoms with van der Waals surface area (Å²) < 4.78 is 2.01. The van der Waals surface area contributed by atoms with E-state index in [1.54, 1.807) is 12.4 Å². The molecule has 2 aromatic carbocycles. The second kappa shape index (κ2) is 10.6. The molecule has 5 nitrogen and oxygen atoms in total. The Kier molecular flexibility index (Phi) is 7.16. The number of hydrogen-bond acceptors (Lipinski definition) is 4. The predicted octanol–water partition coefficient (Wildman–Crippen LogP) is 6.29. The maximum Gasteiger partial charge on any atom is 0.149 e. The highest BCUT2D eigenvalue weighted by atomic mass is 15.3. The standard InChI is InChI=1S/C28H25N5.CH4.H2/c1-21-4-2-3-5-22(18-21)6-7-24-19-25(28-30-14-15-31-32-28)10-13-27(24)23-8-11-26(12-9-23)33-17-16-29-20-33;;/h2-3,5,8-13,15-20H,6-7,14H2,1H3,(H,30,32);1H4;1H. The van der Waals surface area contributed by atoms with Crippen LogP contribution in [-0.4, -0.2) is 28.1 Å². The molecular weight excluding hydrogens is 418 g/mol. The van der Waals surface area contributed by atoms with Gasteiger partial charge in [-0.2, -0.15) is 5.10 Å². The zero-order chi connectivity index (χ0) is 22.5. The van der Waals surface area contributed by atoms with Gasteiger partial charge in [-0.05, 0) is 78.0 Å². The van der Waals surface area contributed by atoms with Crippen molar-refractivity contribution in [1.82, 2.24) is 15.0 Å². The van der Waals surface area contributed by atoms with Gasteiger partial charge in [-0.15, -0.1) is 5.73 Å². The molecule has 0 fully saturated rings. The average molecular weight is 450 g/mol. The number of aryl methyl sites for hydroxylation is 1. The number of aromatic nitrogens is 2. The van der Waals surface area contributed by atoms with Crippen molar-refractivity contribution in [2.75, 3.05) is 6.54 Å². The number of allylic oxidation sites excluding steroid dienone is 5. The summed E-state index contributed by atoms with van der Waals surface area (Å²) in [4.78, 5) is 8.71. The molecule has 1 aliphatic carbocycles. The molecule has 5 heteroatoms. The van der Waals surface area contributed by atoms with Gasteiger partial charge in [-0.25, -0.2) is 4.98 Å².